The zero-order chi connectivity index (χ0) is 15.7. The maximum atomic E-state index is 12.6. The molecule has 0 spiro atoms. The topological polar surface area (TPSA) is 62.6 Å². The van der Waals surface area contributed by atoms with Gasteiger partial charge in [0.05, 0.1) is 18.1 Å². The lowest BCUT2D eigenvalue weighted by atomic mass is 9.97. The van der Waals surface area contributed by atoms with E-state index >= 15 is 0 Å². The lowest BCUT2D eigenvalue weighted by Crippen LogP contribution is -2.34. The number of aromatic nitrogens is 5. The molecule has 0 radical (unpaired) electrons. The van der Waals surface area contributed by atoms with Crippen LogP contribution in [-0.2, 0) is 19.8 Å². The molecule has 0 amide bonds. The molecule has 0 aromatic carbocycles. The van der Waals surface area contributed by atoms with Crippen molar-refractivity contribution in [3.05, 3.63) is 29.6 Å². The Kier molecular flexibility index (Phi) is 3.90. The number of nitrogens with zero attached hydrogens (tertiary/aromatic N) is 5. The van der Waals surface area contributed by atoms with Crippen LogP contribution in [0.25, 0.3) is 0 Å². The number of alkyl halides is 3. The zero-order valence-electron chi connectivity index (χ0n) is 12.1. The maximum absolute atomic E-state index is 12.6. The molecule has 1 N–H and O–H groups in total. The van der Waals surface area contributed by atoms with Gasteiger partial charge in [-0.15, -0.1) is 5.10 Å². The molecule has 1 fully saturated rings. The number of hydrogen-bond donors (Lipinski definition) is 1. The minimum absolute atomic E-state index is 0.00830. The average molecular weight is 314 g/mol. The van der Waals surface area contributed by atoms with Gasteiger partial charge in [-0.2, -0.15) is 13.2 Å². The van der Waals surface area contributed by atoms with Gasteiger partial charge < -0.3 is 4.98 Å². The van der Waals surface area contributed by atoms with Crippen molar-refractivity contribution in [3.63, 3.8) is 0 Å². The van der Waals surface area contributed by atoms with Crippen LogP contribution in [0.4, 0.5) is 13.2 Å². The molecule has 3 rings (SSSR count). The van der Waals surface area contributed by atoms with Crippen molar-refractivity contribution in [1.82, 2.24) is 29.9 Å². The van der Waals surface area contributed by atoms with Crippen LogP contribution in [0.15, 0.2) is 12.4 Å². The van der Waals surface area contributed by atoms with E-state index in [1.807, 2.05) is 7.05 Å². The Morgan fingerprint density at radius 3 is 2.82 bits per heavy atom. The summed E-state index contributed by atoms with van der Waals surface area (Å²) in [4.78, 5) is 8.54. The quantitative estimate of drug-likeness (QED) is 0.940. The number of piperidine rings is 1. The van der Waals surface area contributed by atoms with Gasteiger partial charge in [0.1, 0.15) is 11.5 Å². The summed E-state index contributed by atoms with van der Waals surface area (Å²) in [6, 6.07) is 0. The second kappa shape index (κ2) is 5.71. The molecule has 2 aromatic heterocycles. The van der Waals surface area contributed by atoms with E-state index in [0.29, 0.717) is 18.9 Å². The van der Waals surface area contributed by atoms with E-state index in [-0.39, 0.29) is 5.92 Å². The fraction of sp³-hybridized carbons (Fsp3) is 0.615. The van der Waals surface area contributed by atoms with E-state index in [0.717, 1.165) is 31.3 Å². The third kappa shape index (κ3) is 3.13. The average Bonchev–Trinajstić information content (AvgIpc) is 3.09. The summed E-state index contributed by atoms with van der Waals surface area (Å²) in [6.07, 6.45) is -0.0273. The molecule has 120 valence electrons. The van der Waals surface area contributed by atoms with Gasteiger partial charge in [0.25, 0.3) is 0 Å². The molecule has 0 saturated carbocycles. The first kappa shape index (κ1) is 15.0. The Labute approximate surface area is 125 Å². The largest absolute Gasteiger partial charge is 0.432 e. The highest BCUT2D eigenvalue weighted by atomic mass is 19.4. The third-order valence-electron chi connectivity index (χ3n) is 3.99. The van der Waals surface area contributed by atoms with E-state index in [1.54, 1.807) is 10.9 Å². The van der Waals surface area contributed by atoms with E-state index in [9.17, 15) is 13.2 Å². The SMILES string of the molecule is Cn1nncc1CN1CCCC(c2ncc(C(F)(F)F)[nH]2)C1. The molecule has 6 nitrogen and oxygen atoms in total. The zero-order valence-corrected chi connectivity index (χ0v) is 12.1. The molecule has 1 atom stereocenters. The number of rotatable bonds is 3. The lowest BCUT2D eigenvalue weighted by Gasteiger charge is -2.31. The summed E-state index contributed by atoms with van der Waals surface area (Å²) < 4.78 is 39.6. The predicted molar refractivity (Wildman–Crippen MR) is 71.8 cm³/mol. The normalized spacial score (nSPS) is 20.5. The Balaban J connectivity index is 1.68. The molecule has 1 saturated heterocycles. The summed E-state index contributed by atoms with van der Waals surface area (Å²) in [5, 5.41) is 7.72. The summed E-state index contributed by atoms with van der Waals surface area (Å²) in [7, 11) is 1.83. The van der Waals surface area contributed by atoms with Gasteiger partial charge in [0, 0.05) is 26.1 Å². The second-order valence-electron chi connectivity index (χ2n) is 5.60. The highest BCUT2D eigenvalue weighted by molar-refractivity contribution is 5.10. The number of H-pyrrole nitrogens is 1. The molecule has 0 bridgehead atoms. The summed E-state index contributed by atoms with van der Waals surface area (Å²) in [5.41, 5.74) is 0.200. The van der Waals surface area contributed by atoms with Crippen molar-refractivity contribution < 1.29 is 13.2 Å². The van der Waals surface area contributed by atoms with E-state index < -0.39 is 11.9 Å². The third-order valence-corrected chi connectivity index (χ3v) is 3.99. The maximum Gasteiger partial charge on any atom is 0.432 e. The molecular weight excluding hydrogens is 297 g/mol. The molecule has 2 aromatic rings. The highest BCUT2D eigenvalue weighted by Gasteiger charge is 2.34. The Bertz CT molecular complexity index is 632. The molecule has 9 heteroatoms. The first-order chi connectivity index (χ1) is 10.4. The van der Waals surface area contributed by atoms with Gasteiger partial charge in [0.2, 0.25) is 0 Å². The van der Waals surface area contributed by atoms with Crippen LogP contribution in [0.2, 0.25) is 0 Å². The summed E-state index contributed by atoms with van der Waals surface area (Å²) in [5.74, 6) is 0.409. The minimum Gasteiger partial charge on any atom is -0.338 e. The summed E-state index contributed by atoms with van der Waals surface area (Å²) in [6.45, 7) is 2.28. The number of likely N-dealkylation sites (tertiary alicyclic amines) is 1. The Morgan fingerprint density at radius 2 is 2.18 bits per heavy atom. The van der Waals surface area contributed by atoms with Crippen molar-refractivity contribution in [2.75, 3.05) is 13.1 Å². The fourth-order valence-electron chi connectivity index (χ4n) is 2.79. The van der Waals surface area contributed by atoms with Crippen molar-refractivity contribution in [3.8, 4) is 0 Å². The number of imidazole rings is 1. The van der Waals surface area contributed by atoms with Gasteiger partial charge in [-0.1, -0.05) is 5.21 Å². The standard InChI is InChI=1S/C13H17F3N6/c1-21-10(5-18-20-21)8-22-4-2-3-9(7-22)12-17-6-11(19-12)13(14,15)16/h5-6,9H,2-4,7-8H2,1H3,(H,17,19). The highest BCUT2D eigenvalue weighted by Crippen LogP contribution is 2.31. The number of aromatic amines is 1. The number of hydrogen-bond acceptors (Lipinski definition) is 4. The second-order valence-corrected chi connectivity index (χ2v) is 5.60. The van der Waals surface area contributed by atoms with Crippen LogP contribution in [-0.4, -0.2) is 43.0 Å². The van der Waals surface area contributed by atoms with Gasteiger partial charge >= 0.3 is 6.18 Å². The molecule has 3 heterocycles. The Morgan fingerprint density at radius 1 is 1.36 bits per heavy atom. The van der Waals surface area contributed by atoms with Gasteiger partial charge in [-0.05, 0) is 19.4 Å². The lowest BCUT2D eigenvalue weighted by molar-refractivity contribution is -0.141. The van der Waals surface area contributed by atoms with Crippen LogP contribution in [0.3, 0.4) is 0 Å². The number of nitrogens with one attached hydrogen (secondary N) is 1. The van der Waals surface area contributed by atoms with Crippen molar-refractivity contribution in [2.24, 2.45) is 7.05 Å². The Hall–Kier alpha value is -1.90. The first-order valence-electron chi connectivity index (χ1n) is 7.11. The molecular formula is C13H17F3N6. The monoisotopic (exact) mass is 314 g/mol. The molecule has 22 heavy (non-hydrogen) atoms. The minimum atomic E-state index is -4.38. The predicted octanol–water partition coefficient (Wildman–Crippen LogP) is 1.94. The van der Waals surface area contributed by atoms with Gasteiger partial charge in [-0.25, -0.2) is 4.98 Å². The molecule has 1 aliphatic rings. The fourth-order valence-corrected chi connectivity index (χ4v) is 2.79. The number of halogens is 3. The van der Waals surface area contributed by atoms with Crippen LogP contribution in [0.1, 0.15) is 36.0 Å². The van der Waals surface area contributed by atoms with Crippen molar-refractivity contribution >= 4 is 0 Å². The van der Waals surface area contributed by atoms with Crippen LogP contribution in [0.5, 0.6) is 0 Å². The van der Waals surface area contributed by atoms with Crippen molar-refractivity contribution in [2.45, 2.75) is 31.5 Å². The number of aryl methyl sites for hydroxylation is 1. The van der Waals surface area contributed by atoms with Crippen LogP contribution in [0, 0.1) is 0 Å². The molecule has 1 unspecified atom stereocenters. The van der Waals surface area contributed by atoms with E-state index in [4.69, 9.17) is 0 Å². The molecule has 0 aliphatic carbocycles. The van der Waals surface area contributed by atoms with Crippen LogP contribution < -0.4 is 0 Å². The summed E-state index contributed by atoms with van der Waals surface area (Å²) >= 11 is 0. The van der Waals surface area contributed by atoms with E-state index in [1.165, 1.54) is 0 Å². The van der Waals surface area contributed by atoms with Gasteiger partial charge in [0.15, 0.2) is 0 Å². The smallest absolute Gasteiger partial charge is 0.338 e. The van der Waals surface area contributed by atoms with Crippen molar-refractivity contribution in [1.29, 1.82) is 0 Å². The van der Waals surface area contributed by atoms with Crippen LogP contribution >= 0.6 is 0 Å². The molecule has 1 aliphatic heterocycles. The first-order valence-corrected chi connectivity index (χ1v) is 7.11. The van der Waals surface area contributed by atoms with E-state index in [2.05, 4.69) is 25.2 Å². The van der Waals surface area contributed by atoms with Gasteiger partial charge in [-0.3, -0.25) is 9.58 Å².